The Morgan fingerprint density at radius 3 is 2.55 bits per heavy atom. The largest absolute Gasteiger partial charge is 0.494 e. The van der Waals surface area contributed by atoms with E-state index in [4.69, 9.17) is 15.9 Å². The number of anilines is 1. The molecule has 0 atom stereocenters. The summed E-state index contributed by atoms with van der Waals surface area (Å²) in [5, 5.41) is 7.65. The number of carbonyl (C=O) groups excluding carboxylic acids is 3. The summed E-state index contributed by atoms with van der Waals surface area (Å²) in [6.45, 7) is 1.92. The Hall–Kier alpha value is -4.02. The van der Waals surface area contributed by atoms with Gasteiger partial charge in [0.1, 0.15) is 18.0 Å². The molecule has 0 spiro atoms. The van der Waals surface area contributed by atoms with Crippen molar-refractivity contribution in [3.05, 3.63) is 41.7 Å². The summed E-state index contributed by atoms with van der Waals surface area (Å²) in [6, 6.07) is 5.63. The predicted octanol–water partition coefficient (Wildman–Crippen LogP) is 3.48. The molecule has 40 heavy (non-hydrogen) atoms. The molecule has 13 heteroatoms. The van der Waals surface area contributed by atoms with E-state index in [1.54, 1.807) is 13.1 Å². The van der Waals surface area contributed by atoms with E-state index in [0.29, 0.717) is 23.2 Å². The van der Waals surface area contributed by atoms with Crippen molar-refractivity contribution in [3.63, 3.8) is 0 Å². The van der Waals surface area contributed by atoms with Gasteiger partial charge in [0.15, 0.2) is 5.04 Å². The van der Waals surface area contributed by atoms with Crippen molar-refractivity contribution in [1.82, 2.24) is 14.6 Å². The van der Waals surface area contributed by atoms with E-state index in [2.05, 4.69) is 21.5 Å². The molecule has 1 aromatic heterocycles. The van der Waals surface area contributed by atoms with Crippen LogP contribution in [0.2, 0.25) is 0 Å². The molecule has 4 rings (SSSR count). The molecule has 3 amide bonds. The molecule has 1 saturated heterocycles. The molecule has 2 heterocycles. The Bertz CT molecular complexity index is 1360. The fraction of sp³-hybridized carbons (Fsp3) is 0.370. The number of nitrogens with zero attached hydrogens (tertiary/aromatic N) is 3. The van der Waals surface area contributed by atoms with Crippen LogP contribution in [-0.2, 0) is 9.59 Å². The number of nitrogens with two attached hydrogens (primary N) is 1. The van der Waals surface area contributed by atoms with Gasteiger partial charge in [-0.2, -0.15) is 0 Å². The molecule has 1 aromatic carbocycles. The van der Waals surface area contributed by atoms with Gasteiger partial charge < -0.3 is 20.3 Å². The third-order valence-electron chi connectivity index (χ3n) is 6.04. The van der Waals surface area contributed by atoms with Crippen molar-refractivity contribution in [1.29, 1.82) is 5.41 Å². The third kappa shape index (κ3) is 8.00. The van der Waals surface area contributed by atoms with Gasteiger partial charge in [-0.3, -0.25) is 29.5 Å². The van der Waals surface area contributed by atoms with Gasteiger partial charge in [-0.1, -0.05) is 5.92 Å². The van der Waals surface area contributed by atoms with Crippen LogP contribution in [0.25, 0.3) is 11.1 Å². The SMILES string of the molecule is CNSC(=N)C#CC1CC1.COc1cnc(C(F)F)cc1-c1cc(N2CCN(C(C)=O)CC2=O)ccc1C(N)=O.[HH]. The Labute approximate surface area is 236 Å². The van der Waals surface area contributed by atoms with E-state index in [1.807, 2.05) is 0 Å². The molecule has 0 unspecified atom stereocenters. The average Bonchev–Trinajstić information content (AvgIpc) is 3.76. The van der Waals surface area contributed by atoms with E-state index in [1.165, 1.54) is 60.8 Å². The van der Waals surface area contributed by atoms with Gasteiger partial charge in [0.05, 0.1) is 13.3 Å². The van der Waals surface area contributed by atoms with Crippen LogP contribution in [0.1, 0.15) is 43.7 Å². The summed E-state index contributed by atoms with van der Waals surface area (Å²) < 4.78 is 34.4. The van der Waals surface area contributed by atoms with Crippen molar-refractivity contribution in [3.8, 4) is 28.7 Å². The van der Waals surface area contributed by atoms with E-state index < -0.39 is 18.0 Å². The Kier molecular flexibility index (Phi) is 10.6. The second kappa shape index (κ2) is 13.9. The van der Waals surface area contributed by atoms with Crippen LogP contribution in [-0.4, -0.2) is 66.4 Å². The highest BCUT2D eigenvalue weighted by molar-refractivity contribution is 8.12. The number of carbonyl (C=O) groups is 3. The highest BCUT2D eigenvalue weighted by atomic mass is 32.2. The number of primary amides is 1. The van der Waals surface area contributed by atoms with E-state index in [-0.39, 0.29) is 48.8 Å². The number of benzene rings is 1. The molecule has 10 nitrogen and oxygen atoms in total. The fourth-order valence-corrected chi connectivity index (χ4v) is 4.14. The van der Waals surface area contributed by atoms with E-state index >= 15 is 0 Å². The molecule has 0 bridgehead atoms. The molecule has 4 N–H and O–H groups in total. The number of piperazine rings is 1. The molecule has 2 aromatic rings. The number of alkyl halides is 2. The van der Waals surface area contributed by atoms with Crippen LogP contribution in [0, 0.1) is 23.2 Å². The number of pyridine rings is 1. The monoisotopic (exact) mass is 574 g/mol. The molecule has 2 fully saturated rings. The number of aromatic nitrogens is 1. The first-order chi connectivity index (χ1) is 19.0. The predicted molar refractivity (Wildman–Crippen MR) is 151 cm³/mol. The number of amides is 3. The highest BCUT2D eigenvalue weighted by Crippen LogP contribution is 2.37. The lowest BCUT2D eigenvalue weighted by Gasteiger charge is -2.34. The maximum absolute atomic E-state index is 13.2. The smallest absolute Gasteiger partial charge is 0.280 e. The Balaban J connectivity index is 0.000000452. The number of rotatable bonds is 6. The zero-order chi connectivity index (χ0) is 29.4. The lowest BCUT2D eigenvalue weighted by molar-refractivity contribution is -0.135. The summed E-state index contributed by atoms with van der Waals surface area (Å²) in [5.74, 6) is 5.29. The molecule has 1 saturated carbocycles. The number of halogens is 2. The van der Waals surface area contributed by atoms with Crippen molar-refractivity contribution >= 4 is 40.4 Å². The first kappa shape index (κ1) is 30.5. The van der Waals surface area contributed by atoms with Gasteiger partial charge in [-0.05, 0) is 62.0 Å². The summed E-state index contributed by atoms with van der Waals surface area (Å²) >= 11 is 1.26. The standard InChI is InChI=1S/C20H20F2N4O4.C7H10N2S.H2/c1-11(27)25-5-6-26(18(28)10-25)12-3-4-13(20(23)29)14(7-12)15-8-16(19(21)22)24-9-17(15)30-2;1-9-10-7(8)5-4-6-2-3-6;/h3-4,7-9,19H,5-6,10H2,1-2H3,(H2,23,29);6,8-9H,2-3H2,1H3;1H. The van der Waals surface area contributed by atoms with Crippen LogP contribution >= 0.6 is 11.9 Å². The second-order valence-corrected chi connectivity index (χ2v) is 9.89. The minimum atomic E-state index is -2.82. The first-order valence-electron chi connectivity index (χ1n) is 12.3. The average molecular weight is 575 g/mol. The van der Waals surface area contributed by atoms with Crippen LogP contribution in [0.5, 0.6) is 5.75 Å². The highest BCUT2D eigenvalue weighted by Gasteiger charge is 2.28. The van der Waals surface area contributed by atoms with Crippen LogP contribution in [0.15, 0.2) is 30.5 Å². The van der Waals surface area contributed by atoms with Crippen molar-refractivity contribution in [2.75, 3.05) is 38.7 Å². The van der Waals surface area contributed by atoms with Gasteiger partial charge in [-0.25, -0.2) is 8.78 Å². The van der Waals surface area contributed by atoms with E-state index in [0.717, 1.165) is 12.3 Å². The maximum Gasteiger partial charge on any atom is 0.280 e. The van der Waals surface area contributed by atoms with Crippen molar-refractivity contribution in [2.24, 2.45) is 11.7 Å². The van der Waals surface area contributed by atoms with Gasteiger partial charge in [-0.15, -0.1) is 0 Å². The molecule has 1 aliphatic carbocycles. The quantitative estimate of drug-likeness (QED) is 0.208. The fourth-order valence-electron chi connectivity index (χ4n) is 3.83. The number of ether oxygens (including phenoxy) is 1. The number of hydrogen-bond acceptors (Lipinski definition) is 8. The van der Waals surface area contributed by atoms with Gasteiger partial charge in [0.2, 0.25) is 17.7 Å². The molecular weight excluding hydrogens is 542 g/mol. The Morgan fingerprint density at radius 1 is 1.27 bits per heavy atom. The Morgan fingerprint density at radius 2 is 2.00 bits per heavy atom. The summed E-state index contributed by atoms with van der Waals surface area (Å²) in [6.07, 6.45) is 0.774. The minimum Gasteiger partial charge on any atom is -0.494 e. The minimum absolute atomic E-state index is 0. The summed E-state index contributed by atoms with van der Waals surface area (Å²) in [4.78, 5) is 42.6. The van der Waals surface area contributed by atoms with Gasteiger partial charge in [0, 0.05) is 49.7 Å². The maximum atomic E-state index is 13.2. The van der Waals surface area contributed by atoms with Gasteiger partial charge in [0.25, 0.3) is 6.43 Å². The summed E-state index contributed by atoms with van der Waals surface area (Å²) in [5.41, 5.74) is 5.96. The summed E-state index contributed by atoms with van der Waals surface area (Å²) in [7, 11) is 3.14. The molecule has 1 aliphatic heterocycles. The third-order valence-corrected chi connectivity index (χ3v) is 6.55. The van der Waals surface area contributed by atoms with E-state index in [9.17, 15) is 23.2 Å². The first-order valence-corrected chi connectivity index (χ1v) is 13.1. The lowest BCUT2D eigenvalue weighted by Crippen LogP contribution is -2.51. The zero-order valence-corrected chi connectivity index (χ0v) is 23.1. The zero-order valence-electron chi connectivity index (χ0n) is 22.3. The molecule has 0 radical (unpaired) electrons. The molecule has 214 valence electrons. The molecular formula is C27H32F2N6O4S. The van der Waals surface area contributed by atoms with Crippen molar-refractivity contribution < 1.29 is 29.3 Å². The number of nitrogens with one attached hydrogen (secondary N) is 2. The van der Waals surface area contributed by atoms with Crippen molar-refractivity contribution in [2.45, 2.75) is 26.2 Å². The second-order valence-electron chi connectivity index (χ2n) is 8.87. The topological polar surface area (TPSA) is 142 Å². The normalized spacial score (nSPS) is 14.6. The van der Waals surface area contributed by atoms with Crippen LogP contribution in [0.4, 0.5) is 14.5 Å². The lowest BCUT2D eigenvalue weighted by atomic mass is 9.97. The van der Waals surface area contributed by atoms with Gasteiger partial charge >= 0.3 is 0 Å². The molecule has 2 aliphatic rings. The number of hydrogen-bond donors (Lipinski definition) is 3. The van der Waals surface area contributed by atoms with Crippen LogP contribution in [0.3, 0.4) is 0 Å². The number of methoxy groups -OCH3 is 1. The van der Waals surface area contributed by atoms with Crippen LogP contribution < -0.4 is 20.1 Å².